The third-order valence-electron chi connectivity index (χ3n) is 2.17. The van der Waals surface area contributed by atoms with Gasteiger partial charge in [0.05, 0.1) is 5.69 Å². The number of rotatable bonds is 0. The third-order valence-corrected chi connectivity index (χ3v) is 2.17. The topological polar surface area (TPSA) is 64.3 Å². The smallest absolute Gasteiger partial charge is 0.336 e. The van der Waals surface area contributed by atoms with E-state index in [-0.39, 0.29) is 5.97 Å². The Labute approximate surface area is 82.1 Å². The Kier molecular flexibility index (Phi) is 1.67. The van der Waals surface area contributed by atoms with Crippen molar-refractivity contribution in [1.82, 2.24) is 0 Å². The van der Waals surface area contributed by atoms with Crippen LogP contribution in [0, 0.1) is 0 Å². The minimum atomic E-state index is -0.677. The van der Waals surface area contributed by atoms with E-state index < -0.39 is 5.54 Å². The number of carbonyl (C=O) groups is 1. The summed E-state index contributed by atoms with van der Waals surface area (Å²) in [5.74, 6) is 0.199. The van der Waals surface area contributed by atoms with Crippen molar-refractivity contribution < 1.29 is 9.53 Å². The van der Waals surface area contributed by atoms with Gasteiger partial charge in [-0.05, 0) is 26.0 Å². The van der Waals surface area contributed by atoms with E-state index in [1.165, 1.54) is 0 Å². The van der Waals surface area contributed by atoms with Crippen molar-refractivity contribution in [3.63, 3.8) is 0 Å². The van der Waals surface area contributed by atoms with E-state index in [1.807, 2.05) is 0 Å². The molecule has 14 heavy (non-hydrogen) atoms. The van der Waals surface area contributed by atoms with Crippen LogP contribution in [-0.4, -0.2) is 11.5 Å². The molecule has 2 rings (SSSR count). The summed E-state index contributed by atoms with van der Waals surface area (Å²) < 4.78 is 5.15. The van der Waals surface area contributed by atoms with Gasteiger partial charge >= 0.3 is 5.97 Å². The van der Waals surface area contributed by atoms with Crippen LogP contribution in [-0.2, 0) is 4.79 Å². The largest absolute Gasteiger partial charge is 0.423 e. The molecule has 1 aromatic carbocycles. The molecule has 0 aromatic heterocycles. The van der Waals surface area contributed by atoms with Crippen molar-refractivity contribution in [2.75, 3.05) is 11.1 Å². The van der Waals surface area contributed by atoms with Crippen LogP contribution in [0.1, 0.15) is 13.8 Å². The van der Waals surface area contributed by atoms with Crippen LogP contribution < -0.4 is 15.8 Å². The number of fused-ring (bicyclic) bond motifs is 1. The number of carbonyl (C=O) groups excluding carboxylic acids is 1. The summed E-state index contributed by atoms with van der Waals surface area (Å²) in [5, 5.41) is 3.08. The average molecular weight is 192 g/mol. The minimum absolute atomic E-state index is 0.296. The zero-order valence-corrected chi connectivity index (χ0v) is 8.13. The lowest BCUT2D eigenvalue weighted by atomic mass is 10.0. The number of esters is 1. The Morgan fingerprint density at radius 2 is 2.14 bits per heavy atom. The van der Waals surface area contributed by atoms with E-state index in [0.29, 0.717) is 11.4 Å². The van der Waals surface area contributed by atoms with Crippen molar-refractivity contribution in [2.24, 2.45) is 0 Å². The van der Waals surface area contributed by atoms with Crippen molar-refractivity contribution >= 4 is 17.3 Å². The second-order valence-electron chi connectivity index (χ2n) is 3.90. The van der Waals surface area contributed by atoms with Gasteiger partial charge in [0.25, 0.3) is 0 Å². The zero-order chi connectivity index (χ0) is 10.3. The highest BCUT2D eigenvalue weighted by Crippen LogP contribution is 2.34. The number of hydrogen-bond acceptors (Lipinski definition) is 4. The van der Waals surface area contributed by atoms with Crippen LogP contribution >= 0.6 is 0 Å². The first kappa shape index (κ1) is 8.87. The van der Waals surface area contributed by atoms with Gasteiger partial charge in [0, 0.05) is 11.8 Å². The van der Waals surface area contributed by atoms with Gasteiger partial charge in [-0.1, -0.05) is 0 Å². The fourth-order valence-corrected chi connectivity index (χ4v) is 1.34. The summed E-state index contributed by atoms with van der Waals surface area (Å²) in [6, 6.07) is 5.20. The van der Waals surface area contributed by atoms with E-state index in [9.17, 15) is 4.79 Å². The SMILES string of the molecule is CC1(C)Nc2ccc(N)cc2OC1=O. The van der Waals surface area contributed by atoms with Gasteiger partial charge in [-0.15, -0.1) is 0 Å². The number of hydrogen-bond donors (Lipinski definition) is 2. The molecule has 0 unspecified atom stereocenters. The third kappa shape index (κ3) is 1.28. The molecule has 1 aliphatic heterocycles. The Bertz CT molecular complexity index is 399. The highest BCUT2D eigenvalue weighted by molar-refractivity contribution is 5.90. The molecule has 0 atom stereocenters. The molecule has 74 valence electrons. The molecule has 1 heterocycles. The van der Waals surface area contributed by atoms with E-state index in [0.717, 1.165) is 5.69 Å². The summed E-state index contributed by atoms with van der Waals surface area (Å²) in [6.45, 7) is 3.54. The van der Waals surface area contributed by atoms with Crippen molar-refractivity contribution in [1.29, 1.82) is 0 Å². The van der Waals surface area contributed by atoms with Gasteiger partial charge in [-0.25, -0.2) is 4.79 Å². The molecule has 0 spiro atoms. The Morgan fingerprint density at radius 1 is 1.43 bits per heavy atom. The fraction of sp³-hybridized carbons (Fsp3) is 0.300. The first-order chi connectivity index (χ1) is 6.49. The molecule has 0 bridgehead atoms. The Morgan fingerprint density at radius 3 is 2.86 bits per heavy atom. The van der Waals surface area contributed by atoms with Gasteiger partial charge in [0.15, 0.2) is 5.75 Å². The molecular formula is C10H12N2O2. The number of nitrogens with two attached hydrogens (primary N) is 1. The number of nitrogens with one attached hydrogen (secondary N) is 1. The van der Waals surface area contributed by atoms with Crippen molar-refractivity contribution in [3.8, 4) is 5.75 Å². The van der Waals surface area contributed by atoms with E-state index in [2.05, 4.69) is 5.32 Å². The van der Waals surface area contributed by atoms with E-state index in [1.54, 1.807) is 32.0 Å². The summed E-state index contributed by atoms with van der Waals surface area (Å²) in [7, 11) is 0. The Hall–Kier alpha value is -1.71. The standard InChI is InChI=1S/C10H12N2O2/c1-10(2)9(13)14-8-5-6(11)3-4-7(8)12-10/h3-5,12H,11H2,1-2H3. The summed E-state index contributed by atoms with van der Waals surface area (Å²) in [5.41, 5.74) is 6.28. The molecule has 4 heteroatoms. The Balaban J connectivity index is 2.46. The molecule has 4 nitrogen and oxygen atoms in total. The predicted octanol–water partition coefficient (Wildman–Crippen LogP) is 1.38. The number of benzene rings is 1. The van der Waals surface area contributed by atoms with Crippen molar-refractivity contribution in [3.05, 3.63) is 18.2 Å². The molecule has 1 aromatic rings. The molecular weight excluding hydrogens is 180 g/mol. The molecule has 1 aliphatic rings. The lowest BCUT2D eigenvalue weighted by Crippen LogP contribution is -2.46. The molecule has 0 saturated heterocycles. The number of nitrogen functional groups attached to an aromatic ring is 1. The highest BCUT2D eigenvalue weighted by atomic mass is 16.5. The van der Waals surface area contributed by atoms with Crippen LogP contribution in [0.2, 0.25) is 0 Å². The first-order valence-corrected chi connectivity index (χ1v) is 4.39. The average Bonchev–Trinajstić information content (AvgIpc) is 2.08. The van der Waals surface area contributed by atoms with Gasteiger partial charge in [-0.3, -0.25) is 0 Å². The molecule has 0 fully saturated rings. The zero-order valence-electron chi connectivity index (χ0n) is 8.13. The van der Waals surface area contributed by atoms with Gasteiger partial charge in [-0.2, -0.15) is 0 Å². The predicted molar refractivity (Wildman–Crippen MR) is 54.2 cm³/mol. The number of ether oxygens (including phenoxy) is 1. The maximum absolute atomic E-state index is 11.5. The van der Waals surface area contributed by atoms with E-state index >= 15 is 0 Å². The fourth-order valence-electron chi connectivity index (χ4n) is 1.34. The van der Waals surface area contributed by atoms with Crippen molar-refractivity contribution in [2.45, 2.75) is 19.4 Å². The van der Waals surface area contributed by atoms with Crippen LogP contribution in [0.4, 0.5) is 11.4 Å². The maximum atomic E-state index is 11.5. The molecule has 0 amide bonds. The molecule has 0 radical (unpaired) electrons. The highest BCUT2D eigenvalue weighted by Gasteiger charge is 2.35. The lowest BCUT2D eigenvalue weighted by molar-refractivity contribution is -0.139. The number of anilines is 2. The molecule has 0 saturated carbocycles. The van der Waals surface area contributed by atoms with Gasteiger partial charge in [0.1, 0.15) is 5.54 Å². The van der Waals surface area contributed by atoms with E-state index in [4.69, 9.17) is 10.5 Å². The minimum Gasteiger partial charge on any atom is -0.423 e. The van der Waals surface area contributed by atoms with Gasteiger partial charge < -0.3 is 15.8 Å². The first-order valence-electron chi connectivity index (χ1n) is 4.39. The van der Waals surface area contributed by atoms with Crippen LogP contribution in [0.5, 0.6) is 5.75 Å². The summed E-state index contributed by atoms with van der Waals surface area (Å²) in [4.78, 5) is 11.5. The van der Waals surface area contributed by atoms with Gasteiger partial charge in [0.2, 0.25) is 0 Å². The monoisotopic (exact) mass is 192 g/mol. The van der Waals surface area contributed by atoms with Crippen LogP contribution in [0.25, 0.3) is 0 Å². The summed E-state index contributed by atoms with van der Waals surface area (Å²) >= 11 is 0. The second-order valence-corrected chi connectivity index (χ2v) is 3.90. The van der Waals surface area contributed by atoms with Crippen LogP contribution in [0.3, 0.4) is 0 Å². The molecule has 3 N–H and O–H groups in total. The summed E-state index contributed by atoms with van der Waals surface area (Å²) in [6.07, 6.45) is 0. The maximum Gasteiger partial charge on any atom is 0.336 e. The van der Waals surface area contributed by atoms with Crippen LogP contribution in [0.15, 0.2) is 18.2 Å². The normalized spacial score (nSPS) is 18.0. The lowest BCUT2D eigenvalue weighted by Gasteiger charge is -2.31. The second kappa shape index (κ2) is 2.64. The molecule has 0 aliphatic carbocycles. The quantitative estimate of drug-likeness (QED) is 0.370.